The molecule has 1 aromatic carbocycles. The first kappa shape index (κ1) is 22.3. The molecule has 1 unspecified atom stereocenters. The van der Waals surface area contributed by atoms with Gasteiger partial charge in [0.25, 0.3) is 5.56 Å². The van der Waals surface area contributed by atoms with Crippen LogP contribution in [0.15, 0.2) is 35.1 Å². The highest BCUT2D eigenvalue weighted by Gasteiger charge is 2.31. The van der Waals surface area contributed by atoms with Gasteiger partial charge in [-0.2, -0.15) is 0 Å². The lowest BCUT2D eigenvalue weighted by molar-refractivity contribution is 0.0906. The number of carbonyl (C=O) groups is 1. The summed E-state index contributed by atoms with van der Waals surface area (Å²) >= 11 is 0. The normalized spacial score (nSPS) is 15.4. The van der Waals surface area contributed by atoms with Crippen LogP contribution >= 0.6 is 0 Å². The quantitative estimate of drug-likeness (QED) is 0.509. The number of ether oxygens (including phenoxy) is 4. The number of methoxy groups -OCH3 is 4. The maximum absolute atomic E-state index is 13.4. The van der Waals surface area contributed by atoms with Crippen LogP contribution < -0.4 is 24.5 Å². The number of benzene rings is 1. The molecule has 8 nitrogen and oxygen atoms in total. The molecule has 0 saturated carbocycles. The van der Waals surface area contributed by atoms with E-state index in [1.165, 1.54) is 25.9 Å². The lowest BCUT2D eigenvalue weighted by Gasteiger charge is -2.21. The standard InChI is InChI=1S/C23H27NO7/c1-28-16-11-10-15(17(12-16)29-2)13-24-22(27)18(19(25)14-8-6-5-7-9-14)20(26)21(30-3)23(24)31-4/h5-6,10-12,14,26H,7-9,13H2,1-4H3. The molecule has 1 aromatic heterocycles. The van der Waals surface area contributed by atoms with Gasteiger partial charge in [-0.25, -0.2) is 0 Å². The van der Waals surface area contributed by atoms with Crippen LogP contribution in [-0.4, -0.2) is 43.9 Å². The molecule has 0 saturated heterocycles. The molecule has 166 valence electrons. The molecule has 0 aliphatic heterocycles. The minimum absolute atomic E-state index is 0.0166. The molecular formula is C23H27NO7. The van der Waals surface area contributed by atoms with Gasteiger partial charge in [0.2, 0.25) is 11.6 Å². The molecule has 0 radical (unpaired) electrons. The van der Waals surface area contributed by atoms with Gasteiger partial charge in [0.1, 0.15) is 17.1 Å². The zero-order valence-electron chi connectivity index (χ0n) is 18.1. The summed E-state index contributed by atoms with van der Waals surface area (Å²) in [5.74, 6) is -0.210. The first-order valence-electron chi connectivity index (χ1n) is 9.94. The number of Topliss-reactive ketones (excluding diaryl/α,β-unsaturated/α-hetero) is 1. The van der Waals surface area contributed by atoms with Gasteiger partial charge < -0.3 is 24.1 Å². The third kappa shape index (κ3) is 4.23. The Bertz CT molecular complexity index is 1050. The van der Waals surface area contributed by atoms with Crippen molar-refractivity contribution in [3.05, 3.63) is 51.8 Å². The van der Waals surface area contributed by atoms with Crippen LogP contribution in [-0.2, 0) is 6.54 Å². The van der Waals surface area contributed by atoms with E-state index in [2.05, 4.69) is 0 Å². The second-order valence-corrected chi connectivity index (χ2v) is 7.18. The van der Waals surface area contributed by atoms with E-state index in [1.807, 2.05) is 12.2 Å². The molecule has 0 amide bonds. The summed E-state index contributed by atoms with van der Waals surface area (Å²) in [4.78, 5) is 26.6. The summed E-state index contributed by atoms with van der Waals surface area (Å²) in [6.07, 6.45) is 5.83. The maximum Gasteiger partial charge on any atom is 0.268 e. The van der Waals surface area contributed by atoms with Gasteiger partial charge in [-0.05, 0) is 31.4 Å². The lowest BCUT2D eigenvalue weighted by Crippen LogP contribution is -2.31. The Morgan fingerprint density at radius 3 is 2.45 bits per heavy atom. The Labute approximate surface area is 180 Å². The van der Waals surface area contributed by atoms with Gasteiger partial charge >= 0.3 is 0 Å². The van der Waals surface area contributed by atoms with E-state index < -0.39 is 17.1 Å². The fraction of sp³-hybridized carbons (Fsp3) is 0.391. The highest BCUT2D eigenvalue weighted by molar-refractivity contribution is 6.01. The summed E-state index contributed by atoms with van der Waals surface area (Å²) in [6, 6.07) is 5.20. The summed E-state index contributed by atoms with van der Waals surface area (Å²) in [5.41, 5.74) is -0.270. The number of aromatic hydroxyl groups is 1. The van der Waals surface area contributed by atoms with Crippen LogP contribution in [0.5, 0.6) is 28.9 Å². The Hall–Kier alpha value is -3.42. The summed E-state index contributed by atoms with van der Waals surface area (Å²) in [5, 5.41) is 10.7. The van der Waals surface area contributed by atoms with Crippen LogP contribution in [0.4, 0.5) is 0 Å². The van der Waals surface area contributed by atoms with E-state index in [9.17, 15) is 14.7 Å². The number of pyridine rings is 1. The summed E-state index contributed by atoms with van der Waals surface area (Å²) in [6.45, 7) is 0.0384. The highest BCUT2D eigenvalue weighted by Crippen LogP contribution is 2.39. The number of nitrogens with zero attached hydrogens (tertiary/aromatic N) is 1. The molecule has 0 fully saturated rings. The molecule has 2 aromatic rings. The Balaban J connectivity index is 2.17. The van der Waals surface area contributed by atoms with E-state index >= 15 is 0 Å². The molecule has 1 aliphatic carbocycles. The fourth-order valence-corrected chi connectivity index (χ4v) is 3.81. The van der Waals surface area contributed by atoms with Gasteiger partial charge in [-0.1, -0.05) is 12.2 Å². The highest BCUT2D eigenvalue weighted by atomic mass is 16.5. The molecule has 31 heavy (non-hydrogen) atoms. The molecule has 0 bridgehead atoms. The predicted molar refractivity (Wildman–Crippen MR) is 115 cm³/mol. The Morgan fingerprint density at radius 2 is 1.87 bits per heavy atom. The fourth-order valence-electron chi connectivity index (χ4n) is 3.81. The Morgan fingerprint density at radius 1 is 1.10 bits per heavy atom. The predicted octanol–water partition coefficient (Wildman–Crippen LogP) is 3.18. The Kier molecular flexibility index (Phi) is 6.89. The smallest absolute Gasteiger partial charge is 0.268 e. The largest absolute Gasteiger partial charge is 0.503 e. The minimum atomic E-state index is -0.646. The van der Waals surface area contributed by atoms with Crippen molar-refractivity contribution in [2.75, 3.05) is 28.4 Å². The van der Waals surface area contributed by atoms with Gasteiger partial charge in [0.05, 0.1) is 35.0 Å². The van der Waals surface area contributed by atoms with Crippen molar-refractivity contribution in [2.45, 2.75) is 25.8 Å². The van der Waals surface area contributed by atoms with E-state index in [0.717, 1.165) is 6.42 Å². The van der Waals surface area contributed by atoms with Gasteiger partial charge in [-0.15, -0.1) is 0 Å². The zero-order valence-corrected chi connectivity index (χ0v) is 18.1. The average molecular weight is 429 g/mol. The summed E-state index contributed by atoms with van der Waals surface area (Å²) < 4.78 is 22.6. The van der Waals surface area contributed by atoms with Crippen LogP contribution in [0.1, 0.15) is 35.2 Å². The van der Waals surface area contributed by atoms with Crippen LogP contribution in [0.3, 0.4) is 0 Å². The number of carbonyl (C=O) groups excluding carboxylic acids is 1. The topological polar surface area (TPSA) is 96.2 Å². The molecule has 1 N–H and O–H groups in total. The summed E-state index contributed by atoms with van der Waals surface area (Å²) in [7, 11) is 5.77. The minimum Gasteiger partial charge on any atom is -0.503 e. The third-order valence-corrected chi connectivity index (χ3v) is 5.46. The maximum atomic E-state index is 13.4. The molecular weight excluding hydrogens is 402 g/mol. The average Bonchev–Trinajstić information content (AvgIpc) is 2.81. The number of hydrogen-bond donors (Lipinski definition) is 1. The van der Waals surface area contributed by atoms with Gasteiger partial charge in [-0.3, -0.25) is 14.2 Å². The van der Waals surface area contributed by atoms with Crippen molar-refractivity contribution in [3.63, 3.8) is 0 Å². The van der Waals surface area contributed by atoms with Crippen molar-refractivity contribution < 1.29 is 28.8 Å². The van der Waals surface area contributed by atoms with E-state index in [0.29, 0.717) is 29.9 Å². The number of allylic oxidation sites excluding steroid dienone is 2. The first-order valence-corrected chi connectivity index (χ1v) is 9.94. The second-order valence-electron chi connectivity index (χ2n) is 7.18. The zero-order chi connectivity index (χ0) is 22.5. The number of rotatable bonds is 8. The van der Waals surface area contributed by atoms with Crippen LogP contribution in [0.25, 0.3) is 0 Å². The van der Waals surface area contributed by atoms with Crippen molar-refractivity contribution in [2.24, 2.45) is 5.92 Å². The van der Waals surface area contributed by atoms with Crippen LogP contribution in [0, 0.1) is 5.92 Å². The van der Waals surface area contributed by atoms with Crippen molar-refractivity contribution in [3.8, 4) is 28.9 Å². The SMILES string of the molecule is COc1ccc(Cn2c(OC)c(OC)c(O)c(C(=O)C3CC=CCC3)c2=O)c(OC)c1. The number of hydrogen-bond acceptors (Lipinski definition) is 7. The van der Waals surface area contributed by atoms with E-state index in [-0.39, 0.29) is 29.7 Å². The molecule has 1 atom stereocenters. The van der Waals surface area contributed by atoms with E-state index in [1.54, 1.807) is 25.3 Å². The number of aromatic nitrogens is 1. The molecule has 3 rings (SSSR count). The second kappa shape index (κ2) is 9.59. The molecule has 0 spiro atoms. The molecule has 1 heterocycles. The first-order chi connectivity index (χ1) is 15.0. The molecule has 1 aliphatic rings. The van der Waals surface area contributed by atoms with Crippen molar-refractivity contribution in [1.82, 2.24) is 4.57 Å². The van der Waals surface area contributed by atoms with Crippen molar-refractivity contribution in [1.29, 1.82) is 0 Å². The monoisotopic (exact) mass is 429 g/mol. The van der Waals surface area contributed by atoms with Gasteiger partial charge in [0.15, 0.2) is 11.5 Å². The third-order valence-electron chi connectivity index (χ3n) is 5.46. The number of ketones is 1. The van der Waals surface area contributed by atoms with Crippen LogP contribution in [0.2, 0.25) is 0 Å². The van der Waals surface area contributed by atoms with Gasteiger partial charge in [0, 0.05) is 17.5 Å². The van der Waals surface area contributed by atoms with Crippen molar-refractivity contribution >= 4 is 5.78 Å². The van der Waals surface area contributed by atoms with E-state index in [4.69, 9.17) is 18.9 Å². The lowest BCUT2D eigenvalue weighted by atomic mass is 9.87. The molecule has 8 heteroatoms.